The lowest BCUT2D eigenvalue weighted by Gasteiger charge is -2.14. The largest absolute Gasteiger partial charge is 0.320 e. The lowest BCUT2D eigenvalue weighted by molar-refractivity contribution is 0.319. The molecule has 2 aliphatic rings. The van der Waals surface area contributed by atoms with Crippen LogP contribution in [0, 0.1) is 5.92 Å². The molecule has 1 aliphatic heterocycles. The highest BCUT2D eigenvalue weighted by atomic mass is 15.3. The highest BCUT2D eigenvalue weighted by Crippen LogP contribution is 2.33. The van der Waals surface area contributed by atoms with Crippen LogP contribution in [-0.4, -0.2) is 39.3 Å². The van der Waals surface area contributed by atoms with Crippen LogP contribution in [0.15, 0.2) is 6.33 Å². The summed E-state index contributed by atoms with van der Waals surface area (Å²) < 4.78 is 2.06. The summed E-state index contributed by atoms with van der Waals surface area (Å²) in [6.45, 7) is 3.74. The molecule has 4 heteroatoms. The number of rotatable bonds is 3. The predicted octanol–water partition coefficient (Wildman–Crippen LogP) is 1.01. The third-order valence-corrected chi connectivity index (χ3v) is 3.60. The summed E-state index contributed by atoms with van der Waals surface area (Å²) >= 11 is 0. The van der Waals surface area contributed by atoms with Crippen LogP contribution >= 0.6 is 0 Å². The van der Waals surface area contributed by atoms with E-state index in [1.165, 1.54) is 38.9 Å². The van der Waals surface area contributed by atoms with E-state index in [9.17, 15) is 0 Å². The summed E-state index contributed by atoms with van der Waals surface area (Å²) in [5.41, 5.74) is 0. The molecule has 1 aliphatic carbocycles. The van der Waals surface area contributed by atoms with Crippen molar-refractivity contribution in [2.45, 2.75) is 25.2 Å². The topological polar surface area (TPSA) is 34.0 Å². The van der Waals surface area contributed by atoms with Crippen molar-refractivity contribution in [3.63, 3.8) is 0 Å². The van der Waals surface area contributed by atoms with Crippen molar-refractivity contribution in [1.82, 2.24) is 19.7 Å². The molecule has 0 radical (unpaired) electrons. The molecule has 0 aromatic carbocycles. The van der Waals surface area contributed by atoms with E-state index in [1.54, 1.807) is 6.33 Å². The quantitative estimate of drug-likeness (QED) is 0.740. The van der Waals surface area contributed by atoms with Gasteiger partial charge < -0.3 is 9.47 Å². The predicted molar refractivity (Wildman–Crippen MR) is 57.5 cm³/mol. The third kappa shape index (κ3) is 1.91. The van der Waals surface area contributed by atoms with Gasteiger partial charge in [-0.3, -0.25) is 0 Å². The van der Waals surface area contributed by atoms with E-state index in [-0.39, 0.29) is 0 Å². The summed E-state index contributed by atoms with van der Waals surface area (Å²) in [5.74, 6) is 2.77. The maximum absolute atomic E-state index is 4.21. The van der Waals surface area contributed by atoms with Gasteiger partial charge in [0, 0.05) is 26.1 Å². The molecular formula is C11H18N4. The van der Waals surface area contributed by atoms with Crippen molar-refractivity contribution in [3.05, 3.63) is 12.2 Å². The molecule has 1 saturated heterocycles. The van der Waals surface area contributed by atoms with Gasteiger partial charge in [-0.05, 0) is 31.7 Å². The van der Waals surface area contributed by atoms with E-state index in [4.69, 9.17) is 0 Å². The zero-order chi connectivity index (χ0) is 10.3. The Bertz CT molecular complexity index is 342. The minimum absolute atomic E-state index is 0.608. The first-order chi connectivity index (χ1) is 7.33. The number of aromatic nitrogens is 3. The van der Waals surface area contributed by atoms with Crippen LogP contribution in [-0.2, 0) is 7.05 Å². The maximum atomic E-state index is 4.21. The molecule has 0 bridgehead atoms. The number of likely N-dealkylation sites (tertiary alicyclic amines) is 1. The number of aryl methyl sites for hydroxylation is 1. The second-order valence-corrected chi connectivity index (χ2v) is 4.99. The van der Waals surface area contributed by atoms with Crippen molar-refractivity contribution in [1.29, 1.82) is 0 Å². The fourth-order valence-corrected chi connectivity index (χ4v) is 2.54. The Balaban J connectivity index is 1.62. The molecule has 0 N–H and O–H groups in total. The lowest BCUT2D eigenvalue weighted by atomic mass is 10.1. The van der Waals surface area contributed by atoms with Crippen molar-refractivity contribution in [2.24, 2.45) is 13.0 Å². The van der Waals surface area contributed by atoms with Crippen LogP contribution in [0.25, 0.3) is 0 Å². The average molecular weight is 206 g/mol. The van der Waals surface area contributed by atoms with E-state index in [0.717, 1.165) is 11.7 Å². The Hall–Kier alpha value is -0.900. The minimum atomic E-state index is 0.608. The molecule has 1 unspecified atom stereocenters. The molecule has 1 atom stereocenters. The van der Waals surface area contributed by atoms with Gasteiger partial charge in [-0.2, -0.15) is 0 Å². The van der Waals surface area contributed by atoms with Crippen molar-refractivity contribution in [2.75, 3.05) is 19.6 Å². The Kier molecular flexibility index (Phi) is 2.24. The van der Waals surface area contributed by atoms with E-state index in [2.05, 4.69) is 19.7 Å². The summed E-state index contributed by atoms with van der Waals surface area (Å²) in [6.07, 6.45) is 5.95. The fourth-order valence-electron chi connectivity index (χ4n) is 2.54. The normalized spacial score (nSPS) is 27.4. The average Bonchev–Trinajstić information content (AvgIpc) is 2.74. The second kappa shape index (κ2) is 3.59. The fraction of sp³-hybridized carbons (Fsp3) is 0.818. The summed E-state index contributed by atoms with van der Waals surface area (Å²) in [6, 6.07) is 0. The Morgan fingerprint density at radius 2 is 2.27 bits per heavy atom. The second-order valence-electron chi connectivity index (χ2n) is 4.99. The lowest BCUT2D eigenvalue weighted by Crippen LogP contribution is -2.23. The molecule has 3 rings (SSSR count). The Morgan fingerprint density at radius 3 is 2.93 bits per heavy atom. The number of hydrogen-bond acceptors (Lipinski definition) is 3. The number of nitrogens with zero attached hydrogens (tertiary/aromatic N) is 4. The first kappa shape index (κ1) is 9.33. The smallest absolute Gasteiger partial charge is 0.136 e. The van der Waals surface area contributed by atoms with Crippen LogP contribution in [0.4, 0.5) is 0 Å². The summed E-state index contributed by atoms with van der Waals surface area (Å²) in [5, 5.41) is 8.17. The van der Waals surface area contributed by atoms with Gasteiger partial charge in [0.15, 0.2) is 0 Å². The molecule has 0 spiro atoms. The molecule has 0 amide bonds. The Labute approximate surface area is 90.3 Å². The van der Waals surface area contributed by atoms with E-state index >= 15 is 0 Å². The molecule has 1 aromatic heterocycles. The van der Waals surface area contributed by atoms with Crippen molar-refractivity contribution < 1.29 is 0 Å². The number of hydrogen-bond donors (Lipinski definition) is 0. The summed E-state index contributed by atoms with van der Waals surface area (Å²) in [7, 11) is 2.04. The van der Waals surface area contributed by atoms with Gasteiger partial charge in [0.1, 0.15) is 12.2 Å². The minimum Gasteiger partial charge on any atom is -0.320 e. The van der Waals surface area contributed by atoms with E-state index < -0.39 is 0 Å². The first-order valence-electron chi connectivity index (χ1n) is 5.89. The standard InChI is InChI=1S/C11H18N4/c1-14-8-12-13-11(14)10-4-5-15(7-10)6-9-2-3-9/h8-10H,2-7H2,1H3. The third-order valence-electron chi connectivity index (χ3n) is 3.60. The molecule has 15 heavy (non-hydrogen) atoms. The van der Waals surface area contributed by atoms with Gasteiger partial charge >= 0.3 is 0 Å². The van der Waals surface area contributed by atoms with Crippen LogP contribution in [0.2, 0.25) is 0 Å². The van der Waals surface area contributed by atoms with Gasteiger partial charge in [0.05, 0.1) is 0 Å². The van der Waals surface area contributed by atoms with Crippen LogP contribution in [0.5, 0.6) is 0 Å². The zero-order valence-electron chi connectivity index (χ0n) is 9.26. The van der Waals surface area contributed by atoms with Gasteiger partial charge in [-0.1, -0.05) is 0 Å². The van der Waals surface area contributed by atoms with Crippen LogP contribution in [0.1, 0.15) is 31.0 Å². The first-order valence-corrected chi connectivity index (χ1v) is 5.89. The van der Waals surface area contributed by atoms with Crippen LogP contribution in [0.3, 0.4) is 0 Å². The van der Waals surface area contributed by atoms with Crippen molar-refractivity contribution in [3.8, 4) is 0 Å². The van der Waals surface area contributed by atoms with Gasteiger partial charge in [-0.15, -0.1) is 10.2 Å². The van der Waals surface area contributed by atoms with E-state index in [0.29, 0.717) is 5.92 Å². The molecule has 82 valence electrons. The molecule has 1 aromatic rings. The van der Waals surface area contributed by atoms with Crippen LogP contribution < -0.4 is 0 Å². The molecule has 2 heterocycles. The van der Waals surface area contributed by atoms with Crippen molar-refractivity contribution >= 4 is 0 Å². The molecule has 4 nitrogen and oxygen atoms in total. The SMILES string of the molecule is Cn1cnnc1C1CCN(CC2CC2)C1. The zero-order valence-corrected chi connectivity index (χ0v) is 9.26. The molecule has 1 saturated carbocycles. The monoisotopic (exact) mass is 206 g/mol. The van der Waals surface area contributed by atoms with Gasteiger partial charge in [-0.25, -0.2) is 0 Å². The van der Waals surface area contributed by atoms with Gasteiger partial charge in [0.2, 0.25) is 0 Å². The summed E-state index contributed by atoms with van der Waals surface area (Å²) in [4.78, 5) is 2.59. The Morgan fingerprint density at radius 1 is 1.40 bits per heavy atom. The highest BCUT2D eigenvalue weighted by Gasteiger charge is 2.31. The van der Waals surface area contributed by atoms with E-state index in [1.807, 2.05) is 7.05 Å². The maximum Gasteiger partial charge on any atom is 0.136 e. The van der Waals surface area contributed by atoms with Gasteiger partial charge in [0.25, 0.3) is 0 Å². The molecule has 2 fully saturated rings. The molecular weight excluding hydrogens is 188 g/mol. The highest BCUT2D eigenvalue weighted by molar-refractivity contribution is 5.01.